The first-order chi connectivity index (χ1) is 12.3. The van der Waals surface area contributed by atoms with Gasteiger partial charge in [0.15, 0.2) is 11.8 Å². The highest BCUT2D eigenvalue weighted by Crippen LogP contribution is 2.31. The van der Waals surface area contributed by atoms with E-state index in [1.54, 1.807) is 32.0 Å². The van der Waals surface area contributed by atoms with Crippen LogP contribution in [-0.4, -0.2) is 25.8 Å². The molecule has 0 spiro atoms. The Bertz CT molecular complexity index is 784. The van der Waals surface area contributed by atoms with Gasteiger partial charge < -0.3 is 23.9 Å². The Hall–Kier alpha value is -2.38. The van der Waals surface area contributed by atoms with Crippen molar-refractivity contribution in [2.24, 2.45) is 0 Å². The summed E-state index contributed by atoms with van der Waals surface area (Å²) in [6.07, 6.45) is -0.900. The predicted molar refractivity (Wildman–Crippen MR) is 95.9 cm³/mol. The number of rotatable bonds is 6. The highest BCUT2D eigenvalue weighted by Gasteiger charge is 2.28. The Balaban J connectivity index is 2.34. The minimum absolute atomic E-state index is 0.132. The van der Waals surface area contributed by atoms with E-state index in [1.807, 2.05) is 0 Å². The molecule has 1 heterocycles. The van der Waals surface area contributed by atoms with Crippen LogP contribution in [0, 0.1) is 6.92 Å². The van der Waals surface area contributed by atoms with Gasteiger partial charge in [-0.05, 0) is 32.0 Å². The summed E-state index contributed by atoms with van der Waals surface area (Å²) in [6.45, 7) is 3.45. The highest BCUT2D eigenvalue weighted by atomic mass is 35.5. The molecule has 26 heavy (non-hydrogen) atoms. The zero-order chi connectivity index (χ0) is 19.3. The van der Waals surface area contributed by atoms with Crippen LogP contribution in [0.15, 0.2) is 28.7 Å². The fourth-order valence-corrected chi connectivity index (χ4v) is 2.66. The molecule has 140 valence electrons. The first kappa shape index (κ1) is 19.9. The number of ether oxygens (including phenoxy) is 3. The standard InChI is InChI=1S/C17H17Cl2NO6/c1-4-24-16(21)15(20-12-6-10(18)5-11(19)7-12)14-8-13(9(2)25-14)26-17(22)23-3/h5-8,15,20H,4H2,1-3H3. The molecule has 0 fully saturated rings. The van der Waals surface area contributed by atoms with Crippen LogP contribution in [-0.2, 0) is 14.3 Å². The van der Waals surface area contributed by atoms with E-state index in [9.17, 15) is 9.59 Å². The van der Waals surface area contributed by atoms with Gasteiger partial charge in [0.2, 0.25) is 0 Å². The molecule has 1 unspecified atom stereocenters. The predicted octanol–water partition coefficient (Wildman–Crippen LogP) is 4.76. The lowest BCUT2D eigenvalue weighted by Crippen LogP contribution is -2.23. The van der Waals surface area contributed by atoms with Gasteiger partial charge in [-0.15, -0.1) is 0 Å². The van der Waals surface area contributed by atoms with E-state index >= 15 is 0 Å². The highest BCUT2D eigenvalue weighted by molar-refractivity contribution is 6.35. The second kappa shape index (κ2) is 8.82. The van der Waals surface area contributed by atoms with Crippen molar-refractivity contribution in [3.8, 4) is 5.75 Å². The number of benzene rings is 1. The third kappa shape index (κ3) is 5.06. The van der Waals surface area contributed by atoms with Crippen molar-refractivity contribution in [1.82, 2.24) is 0 Å². The second-order valence-electron chi connectivity index (χ2n) is 5.11. The number of halogens is 2. The Morgan fingerprint density at radius 1 is 1.19 bits per heavy atom. The van der Waals surface area contributed by atoms with Crippen LogP contribution in [0.3, 0.4) is 0 Å². The van der Waals surface area contributed by atoms with Crippen LogP contribution in [0.4, 0.5) is 10.5 Å². The Labute approximate surface area is 160 Å². The molecular weight excluding hydrogens is 385 g/mol. The van der Waals surface area contributed by atoms with Crippen LogP contribution < -0.4 is 10.1 Å². The van der Waals surface area contributed by atoms with Crippen molar-refractivity contribution in [3.63, 3.8) is 0 Å². The zero-order valence-corrected chi connectivity index (χ0v) is 15.8. The molecule has 0 aliphatic rings. The fraction of sp³-hybridized carbons (Fsp3) is 0.294. The van der Waals surface area contributed by atoms with E-state index in [1.165, 1.54) is 13.2 Å². The summed E-state index contributed by atoms with van der Waals surface area (Å²) < 4.78 is 20.1. The largest absolute Gasteiger partial charge is 0.513 e. The lowest BCUT2D eigenvalue weighted by atomic mass is 10.2. The lowest BCUT2D eigenvalue weighted by molar-refractivity contribution is -0.144. The molecule has 1 atom stereocenters. The summed E-state index contributed by atoms with van der Waals surface area (Å²) in [5.41, 5.74) is 0.491. The average Bonchev–Trinajstić information content (AvgIpc) is 2.92. The molecule has 1 aromatic carbocycles. The molecule has 9 heteroatoms. The third-order valence-corrected chi connectivity index (χ3v) is 3.67. The molecule has 1 aromatic heterocycles. The normalized spacial score (nSPS) is 11.6. The zero-order valence-electron chi connectivity index (χ0n) is 14.3. The van der Waals surface area contributed by atoms with E-state index in [-0.39, 0.29) is 18.1 Å². The number of carbonyl (C=O) groups excluding carboxylic acids is 2. The van der Waals surface area contributed by atoms with Crippen molar-refractivity contribution >= 4 is 41.0 Å². The molecule has 2 rings (SSSR count). The summed E-state index contributed by atoms with van der Waals surface area (Å²) in [7, 11) is 1.19. The molecule has 0 radical (unpaired) electrons. The lowest BCUT2D eigenvalue weighted by Gasteiger charge is -2.16. The van der Waals surface area contributed by atoms with Crippen LogP contribution in [0.25, 0.3) is 0 Å². The van der Waals surface area contributed by atoms with Crippen molar-refractivity contribution < 1.29 is 28.2 Å². The number of carbonyl (C=O) groups is 2. The Kier molecular flexibility index (Phi) is 6.76. The number of nitrogens with one attached hydrogen (secondary N) is 1. The van der Waals surface area contributed by atoms with Gasteiger partial charge in [0.05, 0.1) is 13.7 Å². The number of aryl methyl sites for hydroxylation is 1. The number of methoxy groups -OCH3 is 1. The van der Waals surface area contributed by atoms with Crippen LogP contribution in [0.2, 0.25) is 10.0 Å². The summed E-state index contributed by atoms with van der Waals surface area (Å²) in [5.74, 6) is 0.0376. The SMILES string of the molecule is CCOC(=O)C(Nc1cc(Cl)cc(Cl)c1)c1cc(OC(=O)OC)c(C)o1. The van der Waals surface area contributed by atoms with Crippen molar-refractivity contribution in [3.05, 3.63) is 45.8 Å². The molecule has 0 aliphatic heterocycles. The first-order valence-electron chi connectivity index (χ1n) is 7.59. The van der Waals surface area contributed by atoms with E-state index in [0.29, 0.717) is 21.5 Å². The van der Waals surface area contributed by atoms with Crippen molar-refractivity contribution in [2.45, 2.75) is 19.9 Å². The van der Waals surface area contributed by atoms with Gasteiger partial charge in [0.1, 0.15) is 11.5 Å². The van der Waals surface area contributed by atoms with Gasteiger partial charge in [-0.3, -0.25) is 0 Å². The van der Waals surface area contributed by atoms with Gasteiger partial charge >= 0.3 is 12.1 Å². The topological polar surface area (TPSA) is 87.0 Å². The number of furan rings is 1. The molecular formula is C17H17Cl2NO6. The fourth-order valence-electron chi connectivity index (χ4n) is 2.14. The van der Waals surface area contributed by atoms with E-state index < -0.39 is 18.2 Å². The molecule has 7 nitrogen and oxygen atoms in total. The summed E-state index contributed by atoms with van der Waals surface area (Å²) >= 11 is 12.0. The number of hydrogen-bond donors (Lipinski definition) is 1. The van der Waals surface area contributed by atoms with Gasteiger partial charge in [-0.2, -0.15) is 0 Å². The van der Waals surface area contributed by atoms with Gasteiger partial charge in [0.25, 0.3) is 0 Å². The molecule has 0 bridgehead atoms. The Morgan fingerprint density at radius 2 is 1.85 bits per heavy atom. The monoisotopic (exact) mass is 401 g/mol. The maximum atomic E-state index is 12.4. The van der Waals surface area contributed by atoms with E-state index in [0.717, 1.165) is 0 Å². The second-order valence-corrected chi connectivity index (χ2v) is 5.99. The van der Waals surface area contributed by atoms with Gasteiger partial charge in [0, 0.05) is 21.8 Å². The van der Waals surface area contributed by atoms with Crippen molar-refractivity contribution in [2.75, 3.05) is 19.0 Å². The minimum Gasteiger partial charge on any atom is -0.464 e. The van der Waals surface area contributed by atoms with Crippen LogP contribution >= 0.6 is 23.2 Å². The molecule has 2 aromatic rings. The van der Waals surface area contributed by atoms with Crippen molar-refractivity contribution in [1.29, 1.82) is 0 Å². The average molecular weight is 402 g/mol. The molecule has 0 saturated carbocycles. The molecule has 0 saturated heterocycles. The summed E-state index contributed by atoms with van der Waals surface area (Å²) in [6, 6.07) is 5.17. The first-order valence-corrected chi connectivity index (χ1v) is 8.35. The minimum atomic E-state index is -1.00. The maximum Gasteiger partial charge on any atom is 0.513 e. The molecule has 1 N–H and O–H groups in total. The number of hydrogen-bond acceptors (Lipinski definition) is 7. The summed E-state index contributed by atoms with van der Waals surface area (Å²) in [5, 5.41) is 3.75. The number of anilines is 1. The van der Waals surface area contributed by atoms with Gasteiger partial charge in [-0.1, -0.05) is 23.2 Å². The number of esters is 1. The maximum absolute atomic E-state index is 12.4. The molecule has 0 aliphatic carbocycles. The van der Waals surface area contributed by atoms with E-state index in [2.05, 4.69) is 10.1 Å². The van der Waals surface area contributed by atoms with Gasteiger partial charge in [-0.25, -0.2) is 9.59 Å². The van der Waals surface area contributed by atoms with Crippen LogP contribution in [0.1, 0.15) is 24.5 Å². The van der Waals surface area contributed by atoms with Crippen LogP contribution in [0.5, 0.6) is 5.75 Å². The quantitative estimate of drug-likeness (QED) is 0.698. The Morgan fingerprint density at radius 3 is 2.42 bits per heavy atom. The molecule has 0 amide bonds. The third-order valence-electron chi connectivity index (χ3n) is 3.23. The summed E-state index contributed by atoms with van der Waals surface area (Å²) in [4.78, 5) is 23.7. The van der Waals surface area contributed by atoms with E-state index in [4.69, 9.17) is 37.1 Å². The smallest absolute Gasteiger partial charge is 0.464 e.